The summed E-state index contributed by atoms with van der Waals surface area (Å²) in [7, 11) is 0. The summed E-state index contributed by atoms with van der Waals surface area (Å²) in [6.45, 7) is 1.97. The monoisotopic (exact) mass is 337 g/mol. The van der Waals surface area contributed by atoms with E-state index in [-0.39, 0.29) is 12.5 Å². The van der Waals surface area contributed by atoms with E-state index in [0.29, 0.717) is 22.8 Å². The predicted molar refractivity (Wildman–Crippen MR) is 92.2 cm³/mol. The Hall–Kier alpha value is -3.28. The van der Waals surface area contributed by atoms with E-state index in [0.717, 1.165) is 10.9 Å². The van der Waals surface area contributed by atoms with Gasteiger partial charge < -0.3 is 19.2 Å². The van der Waals surface area contributed by atoms with Crippen molar-refractivity contribution in [1.29, 1.82) is 0 Å². The molecule has 6 heteroatoms. The van der Waals surface area contributed by atoms with E-state index in [1.54, 1.807) is 30.3 Å². The smallest absolute Gasteiger partial charge is 0.336 e. The van der Waals surface area contributed by atoms with Gasteiger partial charge in [0.05, 0.1) is 0 Å². The van der Waals surface area contributed by atoms with E-state index >= 15 is 0 Å². The van der Waals surface area contributed by atoms with Crippen molar-refractivity contribution in [3.05, 3.63) is 64.5 Å². The van der Waals surface area contributed by atoms with Crippen molar-refractivity contribution in [2.24, 2.45) is 0 Å². The minimum Gasteiger partial charge on any atom is -0.485 e. The fourth-order valence-electron chi connectivity index (χ4n) is 2.77. The molecule has 1 atom stereocenters. The van der Waals surface area contributed by atoms with Gasteiger partial charge >= 0.3 is 5.63 Å². The van der Waals surface area contributed by atoms with E-state index in [9.17, 15) is 9.59 Å². The lowest BCUT2D eigenvalue weighted by atomic mass is 10.1. The molecule has 1 aliphatic rings. The molecule has 0 saturated heterocycles. The highest BCUT2D eigenvalue weighted by atomic mass is 16.6. The molecule has 25 heavy (non-hydrogen) atoms. The number of amides is 1. The maximum Gasteiger partial charge on any atom is 0.336 e. The van der Waals surface area contributed by atoms with E-state index in [2.05, 4.69) is 5.32 Å². The highest BCUT2D eigenvalue weighted by molar-refractivity contribution is 5.96. The number of hydrogen-bond acceptors (Lipinski definition) is 5. The summed E-state index contributed by atoms with van der Waals surface area (Å²) in [6, 6.07) is 13.8. The van der Waals surface area contributed by atoms with Crippen LogP contribution in [0.3, 0.4) is 0 Å². The number of para-hydroxylation sites is 2. The van der Waals surface area contributed by atoms with Crippen LogP contribution in [0.4, 0.5) is 5.69 Å². The first-order chi connectivity index (χ1) is 12.1. The Labute approximate surface area is 143 Å². The van der Waals surface area contributed by atoms with Crippen molar-refractivity contribution in [3.63, 3.8) is 0 Å². The standard InChI is InChI=1S/C19H15NO5/c1-11-8-18(21)25-16-9-12(6-7-13(11)16)20-19(22)17-10-23-14-4-2-3-5-15(14)24-17/h2-9,17H,10H2,1H3,(H,20,22)/t17-/m1/s1. The van der Waals surface area contributed by atoms with Gasteiger partial charge in [-0.2, -0.15) is 0 Å². The van der Waals surface area contributed by atoms with Crippen molar-refractivity contribution in [2.75, 3.05) is 11.9 Å². The number of nitrogens with one attached hydrogen (secondary N) is 1. The molecule has 3 aromatic rings. The normalized spacial score (nSPS) is 15.8. The molecule has 0 aliphatic carbocycles. The second kappa shape index (κ2) is 5.98. The first-order valence-electron chi connectivity index (χ1n) is 7.84. The molecule has 0 radical (unpaired) electrons. The Kier molecular flexibility index (Phi) is 3.65. The molecule has 126 valence electrons. The molecule has 2 heterocycles. The first kappa shape index (κ1) is 15.3. The lowest BCUT2D eigenvalue weighted by molar-refractivity contribution is -0.125. The van der Waals surface area contributed by atoms with Crippen LogP contribution < -0.4 is 20.4 Å². The van der Waals surface area contributed by atoms with Gasteiger partial charge in [0.25, 0.3) is 5.91 Å². The number of carbonyl (C=O) groups excluding carboxylic acids is 1. The number of aryl methyl sites for hydroxylation is 1. The summed E-state index contributed by atoms with van der Waals surface area (Å²) in [4.78, 5) is 24.0. The average Bonchev–Trinajstić information content (AvgIpc) is 2.60. The molecule has 1 aromatic heterocycles. The quantitative estimate of drug-likeness (QED) is 0.728. The highest BCUT2D eigenvalue weighted by Gasteiger charge is 2.27. The Morgan fingerprint density at radius 1 is 1.12 bits per heavy atom. The molecule has 1 amide bonds. The zero-order chi connectivity index (χ0) is 17.4. The van der Waals surface area contributed by atoms with Crippen LogP contribution in [0.5, 0.6) is 11.5 Å². The zero-order valence-electron chi connectivity index (χ0n) is 13.4. The maximum absolute atomic E-state index is 12.4. The molecule has 6 nitrogen and oxygen atoms in total. The van der Waals surface area contributed by atoms with E-state index in [4.69, 9.17) is 13.9 Å². The second-order valence-corrected chi connectivity index (χ2v) is 5.81. The maximum atomic E-state index is 12.4. The van der Waals surface area contributed by atoms with Crippen LogP contribution in [0.25, 0.3) is 11.0 Å². The van der Waals surface area contributed by atoms with Crippen molar-refractivity contribution in [2.45, 2.75) is 13.0 Å². The number of anilines is 1. The van der Waals surface area contributed by atoms with Gasteiger partial charge in [0.1, 0.15) is 12.2 Å². The third-order valence-electron chi connectivity index (χ3n) is 4.02. The van der Waals surface area contributed by atoms with Gasteiger partial charge in [-0.3, -0.25) is 4.79 Å². The van der Waals surface area contributed by atoms with Crippen LogP contribution >= 0.6 is 0 Å². The van der Waals surface area contributed by atoms with Crippen LogP contribution in [0.2, 0.25) is 0 Å². The molecule has 0 spiro atoms. The lowest BCUT2D eigenvalue weighted by Crippen LogP contribution is -2.40. The van der Waals surface area contributed by atoms with Crippen molar-refractivity contribution in [3.8, 4) is 11.5 Å². The summed E-state index contributed by atoms with van der Waals surface area (Å²) in [5.74, 6) is 0.826. The van der Waals surface area contributed by atoms with Crippen LogP contribution in [-0.2, 0) is 4.79 Å². The summed E-state index contributed by atoms with van der Waals surface area (Å²) in [5.41, 5.74) is 1.35. The van der Waals surface area contributed by atoms with Gasteiger partial charge in [0.2, 0.25) is 6.10 Å². The number of fused-ring (bicyclic) bond motifs is 2. The van der Waals surface area contributed by atoms with E-state index in [1.807, 2.05) is 19.1 Å². The largest absolute Gasteiger partial charge is 0.485 e. The van der Waals surface area contributed by atoms with Gasteiger partial charge in [0, 0.05) is 23.2 Å². The van der Waals surface area contributed by atoms with Crippen LogP contribution in [0, 0.1) is 6.92 Å². The SMILES string of the molecule is Cc1cc(=O)oc2cc(NC(=O)[C@H]3COc4ccccc4O3)ccc12. The summed E-state index contributed by atoms with van der Waals surface area (Å²) in [5, 5.41) is 3.59. The van der Waals surface area contributed by atoms with Gasteiger partial charge in [-0.05, 0) is 36.8 Å². The minimum absolute atomic E-state index is 0.130. The number of hydrogen-bond donors (Lipinski definition) is 1. The first-order valence-corrected chi connectivity index (χ1v) is 7.84. The molecule has 0 bridgehead atoms. The molecule has 1 N–H and O–H groups in total. The molecule has 0 fully saturated rings. The summed E-state index contributed by atoms with van der Waals surface area (Å²) < 4.78 is 16.4. The Morgan fingerprint density at radius 3 is 2.76 bits per heavy atom. The molecule has 2 aromatic carbocycles. The van der Waals surface area contributed by atoms with Crippen LogP contribution in [-0.4, -0.2) is 18.6 Å². The number of benzene rings is 2. The summed E-state index contributed by atoms with van der Waals surface area (Å²) in [6.07, 6.45) is -0.755. The summed E-state index contributed by atoms with van der Waals surface area (Å²) >= 11 is 0. The van der Waals surface area contributed by atoms with Gasteiger partial charge in [-0.25, -0.2) is 4.79 Å². The average molecular weight is 337 g/mol. The fourth-order valence-corrected chi connectivity index (χ4v) is 2.77. The lowest BCUT2D eigenvalue weighted by Gasteiger charge is -2.25. The van der Waals surface area contributed by atoms with Crippen molar-refractivity contribution in [1.82, 2.24) is 0 Å². The van der Waals surface area contributed by atoms with Gasteiger partial charge in [-0.15, -0.1) is 0 Å². The number of ether oxygens (including phenoxy) is 2. The molecule has 0 saturated carbocycles. The third-order valence-corrected chi connectivity index (χ3v) is 4.02. The van der Waals surface area contributed by atoms with E-state index in [1.165, 1.54) is 6.07 Å². The van der Waals surface area contributed by atoms with Crippen LogP contribution in [0.15, 0.2) is 57.7 Å². The molecular formula is C19H15NO5. The topological polar surface area (TPSA) is 77.8 Å². The zero-order valence-corrected chi connectivity index (χ0v) is 13.4. The second-order valence-electron chi connectivity index (χ2n) is 5.81. The third kappa shape index (κ3) is 2.94. The Balaban J connectivity index is 1.55. The van der Waals surface area contributed by atoms with Crippen LogP contribution in [0.1, 0.15) is 5.56 Å². The molecular weight excluding hydrogens is 322 g/mol. The minimum atomic E-state index is -0.755. The number of rotatable bonds is 2. The molecule has 0 unspecified atom stereocenters. The van der Waals surface area contributed by atoms with Crippen molar-refractivity contribution >= 4 is 22.6 Å². The molecule has 1 aliphatic heterocycles. The van der Waals surface area contributed by atoms with Gasteiger partial charge in [-0.1, -0.05) is 12.1 Å². The van der Waals surface area contributed by atoms with E-state index < -0.39 is 11.7 Å². The Bertz CT molecular complexity index is 1020. The van der Waals surface area contributed by atoms with Crippen molar-refractivity contribution < 1.29 is 18.7 Å². The van der Waals surface area contributed by atoms with Gasteiger partial charge in [0.15, 0.2) is 11.5 Å². The highest BCUT2D eigenvalue weighted by Crippen LogP contribution is 2.31. The predicted octanol–water partition coefficient (Wildman–Crippen LogP) is 2.88. The number of carbonyl (C=O) groups is 1. The fraction of sp³-hybridized carbons (Fsp3) is 0.158. The molecule has 4 rings (SSSR count). The Morgan fingerprint density at radius 2 is 1.92 bits per heavy atom.